The Morgan fingerprint density at radius 3 is 1.22 bits per heavy atom. The van der Waals surface area contributed by atoms with Crippen LogP contribution in [0.15, 0.2) is 92.9 Å². The van der Waals surface area contributed by atoms with Crippen LogP contribution in [0.3, 0.4) is 0 Å². The molecule has 1 aromatic rings. The van der Waals surface area contributed by atoms with Crippen LogP contribution in [0, 0.1) is 0 Å². The van der Waals surface area contributed by atoms with Crippen LogP contribution < -0.4 is 0 Å². The Kier molecular flexibility index (Phi) is 17.5. The second-order valence-corrected chi connectivity index (χ2v) is 10.9. The molecule has 0 radical (unpaired) electrons. The molecule has 0 atom stereocenters. The van der Waals surface area contributed by atoms with E-state index in [1.54, 1.807) is 6.26 Å². The number of aryl methyl sites for hydroxylation is 1. The van der Waals surface area contributed by atoms with Gasteiger partial charge in [0.15, 0.2) is 0 Å². The highest BCUT2D eigenvalue weighted by Gasteiger charge is 1.96. The van der Waals surface area contributed by atoms with Crippen molar-refractivity contribution in [3.05, 3.63) is 94.1 Å². The molecule has 36 heavy (non-hydrogen) atoms. The molecule has 0 saturated carbocycles. The van der Waals surface area contributed by atoms with E-state index < -0.39 is 0 Å². The third-order valence-electron chi connectivity index (χ3n) is 6.72. The van der Waals surface area contributed by atoms with E-state index in [0.29, 0.717) is 0 Å². The Balaban J connectivity index is 2.19. The Hall–Kier alpha value is -2.28. The first-order valence-electron chi connectivity index (χ1n) is 14.2. The lowest BCUT2D eigenvalue weighted by atomic mass is 10.0. The summed E-state index contributed by atoms with van der Waals surface area (Å²) in [7, 11) is 0. The molecule has 1 heterocycles. The van der Waals surface area contributed by atoms with Crippen LogP contribution in [-0.4, -0.2) is 0 Å². The molecular formula is C35H54O. The summed E-state index contributed by atoms with van der Waals surface area (Å²) in [4.78, 5) is 0. The van der Waals surface area contributed by atoms with Crippen LogP contribution in [0.2, 0.25) is 0 Å². The molecule has 0 fully saturated rings. The van der Waals surface area contributed by atoms with Gasteiger partial charge in [-0.1, -0.05) is 69.9 Å². The molecule has 0 aliphatic heterocycles. The van der Waals surface area contributed by atoms with Crippen molar-refractivity contribution >= 4 is 0 Å². The van der Waals surface area contributed by atoms with Gasteiger partial charge in [0.1, 0.15) is 0 Å². The normalized spacial score (nSPS) is 13.9. The van der Waals surface area contributed by atoms with Gasteiger partial charge >= 0.3 is 0 Å². The number of hydrogen-bond acceptors (Lipinski definition) is 1. The van der Waals surface area contributed by atoms with Crippen LogP contribution >= 0.6 is 0 Å². The van der Waals surface area contributed by atoms with Crippen molar-refractivity contribution in [1.29, 1.82) is 0 Å². The Labute approximate surface area is 223 Å². The zero-order chi connectivity index (χ0) is 26.6. The fraction of sp³-hybridized carbons (Fsp3) is 0.543. The van der Waals surface area contributed by atoms with E-state index in [2.05, 4.69) is 91.0 Å². The summed E-state index contributed by atoms with van der Waals surface area (Å²) in [5.41, 5.74) is 10.3. The zero-order valence-electron chi connectivity index (χ0n) is 24.6. The molecular weight excluding hydrogens is 436 g/mol. The predicted molar refractivity (Wildman–Crippen MR) is 161 cm³/mol. The van der Waals surface area contributed by atoms with Crippen molar-refractivity contribution in [3.63, 3.8) is 0 Å². The first kappa shape index (κ1) is 31.7. The minimum atomic E-state index is 1.07. The lowest BCUT2D eigenvalue weighted by Crippen LogP contribution is -1.84. The summed E-state index contributed by atoms with van der Waals surface area (Å²) in [6.07, 6.45) is 31.9. The summed E-state index contributed by atoms with van der Waals surface area (Å²) in [6, 6.07) is 2.05. The van der Waals surface area contributed by atoms with Crippen molar-refractivity contribution in [2.75, 3.05) is 0 Å². The van der Waals surface area contributed by atoms with Gasteiger partial charge in [-0.2, -0.15) is 0 Å². The monoisotopic (exact) mass is 490 g/mol. The minimum absolute atomic E-state index is 1.07. The van der Waals surface area contributed by atoms with Crippen LogP contribution in [-0.2, 0) is 6.42 Å². The predicted octanol–water partition coefficient (Wildman–Crippen LogP) is 11.8. The molecule has 1 rings (SSSR count). The number of rotatable bonds is 18. The highest BCUT2D eigenvalue weighted by molar-refractivity contribution is 5.10. The molecule has 1 heteroatoms. The van der Waals surface area contributed by atoms with E-state index in [-0.39, 0.29) is 0 Å². The van der Waals surface area contributed by atoms with Crippen LogP contribution in [0.4, 0.5) is 0 Å². The van der Waals surface area contributed by atoms with E-state index in [0.717, 1.165) is 32.1 Å². The largest absolute Gasteiger partial charge is 0.472 e. The number of allylic oxidation sites excluding steroid dienone is 12. The van der Waals surface area contributed by atoms with Crippen molar-refractivity contribution < 1.29 is 4.42 Å². The van der Waals surface area contributed by atoms with Gasteiger partial charge in [0, 0.05) is 0 Å². The topological polar surface area (TPSA) is 13.1 Å². The molecule has 1 nitrogen and oxygen atoms in total. The average Bonchev–Trinajstić information content (AvgIpc) is 3.32. The summed E-state index contributed by atoms with van der Waals surface area (Å²) in [5, 5.41) is 0. The molecule has 0 aliphatic carbocycles. The van der Waals surface area contributed by atoms with Gasteiger partial charge in [-0.05, 0) is 137 Å². The molecule has 200 valence electrons. The smallest absolute Gasteiger partial charge is 0.0934 e. The maximum absolute atomic E-state index is 5.13. The molecule has 0 aromatic carbocycles. The van der Waals surface area contributed by atoms with Crippen molar-refractivity contribution in [2.45, 2.75) is 126 Å². The minimum Gasteiger partial charge on any atom is -0.472 e. The Bertz CT molecular complexity index is 892. The Morgan fingerprint density at radius 1 is 0.528 bits per heavy atom. The third-order valence-corrected chi connectivity index (χ3v) is 6.72. The highest BCUT2D eigenvalue weighted by atomic mass is 16.3. The van der Waals surface area contributed by atoms with E-state index >= 15 is 0 Å². The van der Waals surface area contributed by atoms with Crippen LogP contribution in [0.1, 0.15) is 125 Å². The van der Waals surface area contributed by atoms with E-state index in [9.17, 15) is 0 Å². The average molecular weight is 491 g/mol. The molecule has 0 bridgehead atoms. The lowest BCUT2D eigenvalue weighted by molar-refractivity contribution is 0.564. The standard InChI is InChI=1S/C35H54O/c1-29(2)14-8-15-30(3)16-9-17-31(4)18-10-19-32(5)20-11-21-33(6)22-12-23-34(7)24-13-25-35-26-27-36-28-35/h14,16,18,20,22,24,26-28H,8-13,15,17,19,21,23,25H2,1-7H3/b30-16+,31-18+,32-20+,33-22+,34-24+. The van der Waals surface area contributed by atoms with Crippen molar-refractivity contribution in [3.8, 4) is 0 Å². The van der Waals surface area contributed by atoms with Gasteiger partial charge in [-0.15, -0.1) is 0 Å². The highest BCUT2D eigenvalue weighted by Crippen LogP contribution is 2.16. The fourth-order valence-corrected chi connectivity index (χ4v) is 4.20. The van der Waals surface area contributed by atoms with Gasteiger partial charge in [0.2, 0.25) is 0 Å². The van der Waals surface area contributed by atoms with Gasteiger partial charge in [-0.3, -0.25) is 0 Å². The van der Waals surface area contributed by atoms with Crippen LogP contribution in [0.25, 0.3) is 0 Å². The molecule has 0 unspecified atom stereocenters. The van der Waals surface area contributed by atoms with E-state index in [1.165, 1.54) is 83.9 Å². The maximum atomic E-state index is 5.13. The first-order valence-corrected chi connectivity index (χ1v) is 14.2. The van der Waals surface area contributed by atoms with Gasteiger partial charge in [0.25, 0.3) is 0 Å². The molecule has 0 N–H and O–H groups in total. The third kappa shape index (κ3) is 18.1. The summed E-state index contributed by atoms with van der Waals surface area (Å²) in [6.45, 7) is 15.7. The lowest BCUT2D eigenvalue weighted by Gasteiger charge is -2.04. The molecule has 0 spiro atoms. The number of hydrogen-bond donors (Lipinski definition) is 0. The van der Waals surface area contributed by atoms with Gasteiger partial charge in [-0.25, -0.2) is 0 Å². The SMILES string of the molecule is CC(C)=CCC/C(C)=C/CC/C(C)=C/CC/C(C)=C/CC/C(C)=C/CC/C(C)=C/CCc1ccoc1. The number of furan rings is 1. The van der Waals surface area contributed by atoms with Gasteiger partial charge < -0.3 is 4.42 Å². The summed E-state index contributed by atoms with van der Waals surface area (Å²) in [5.74, 6) is 0. The summed E-state index contributed by atoms with van der Waals surface area (Å²) < 4.78 is 5.13. The second-order valence-electron chi connectivity index (χ2n) is 10.9. The quantitative estimate of drug-likeness (QED) is 0.186. The van der Waals surface area contributed by atoms with Gasteiger partial charge in [0.05, 0.1) is 12.5 Å². The molecule has 0 amide bonds. The van der Waals surface area contributed by atoms with E-state index in [4.69, 9.17) is 4.42 Å². The maximum Gasteiger partial charge on any atom is 0.0934 e. The Morgan fingerprint density at radius 2 is 0.889 bits per heavy atom. The van der Waals surface area contributed by atoms with Crippen molar-refractivity contribution in [2.24, 2.45) is 0 Å². The first-order chi connectivity index (χ1) is 17.3. The second kappa shape index (κ2) is 19.9. The molecule has 1 aromatic heterocycles. The van der Waals surface area contributed by atoms with Crippen LogP contribution in [0.5, 0.6) is 0 Å². The molecule has 0 saturated heterocycles. The zero-order valence-corrected chi connectivity index (χ0v) is 24.6. The van der Waals surface area contributed by atoms with Crippen molar-refractivity contribution in [1.82, 2.24) is 0 Å². The fourth-order valence-electron chi connectivity index (χ4n) is 4.20. The summed E-state index contributed by atoms with van der Waals surface area (Å²) >= 11 is 0. The molecule has 0 aliphatic rings. The van der Waals surface area contributed by atoms with E-state index in [1.807, 2.05) is 6.26 Å².